The van der Waals surface area contributed by atoms with Gasteiger partial charge in [-0.1, -0.05) is 13.0 Å². The van der Waals surface area contributed by atoms with E-state index in [-0.39, 0.29) is 8.14 Å². The Morgan fingerprint density at radius 1 is 2.00 bits per heavy atom. The van der Waals surface area contributed by atoms with Gasteiger partial charge in [-0.05, 0) is 0 Å². The first-order valence-electron chi connectivity index (χ1n) is 1.47. The summed E-state index contributed by atoms with van der Waals surface area (Å²) in [6.07, 6.45) is 0. The summed E-state index contributed by atoms with van der Waals surface area (Å²) in [5.41, 5.74) is 0. The van der Waals surface area contributed by atoms with Crippen molar-refractivity contribution in [2.24, 2.45) is 0 Å². The fourth-order valence-corrected chi connectivity index (χ4v) is 0. The zero-order valence-electron chi connectivity index (χ0n) is 2.79. The highest BCUT2D eigenvalue weighted by atomic mass is 79.9. The van der Waals surface area contributed by atoms with E-state index in [0.717, 1.165) is 0 Å². The second-order valence-electron chi connectivity index (χ2n) is 0.689. The van der Waals surface area contributed by atoms with Gasteiger partial charge >= 0.3 is 0 Å². The van der Waals surface area contributed by atoms with E-state index in [0.29, 0.717) is 0 Å². The Morgan fingerprint density at radius 3 is 2.25 bits per heavy atom. The first kappa shape index (κ1) is 4.70. The van der Waals surface area contributed by atoms with Gasteiger partial charge in [0.1, 0.15) is 0 Å². The molecule has 0 fully saturated rings. The lowest BCUT2D eigenvalue weighted by Crippen LogP contribution is -1.60. The summed E-state index contributed by atoms with van der Waals surface area (Å²) in [6.45, 7) is 2.20. The van der Waals surface area contributed by atoms with Crippen LogP contribution in [-0.2, 0) is 0 Å². The molecule has 0 spiro atoms. The molecule has 0 nitrogen and oxygen atoms in total. The Labute approximate surface area is 37.0 Å². The minimum atomic E-state index is 0.237. The maximum atomic E-state index is 3.39. The number of hydrogen-bond donors (Lipinski definition) is 0. The topological polar surface area (TPSA) is 0 Å². The molecule has 0 amide bonds. The van der Waals surface area contributed by atoms with Gasteiger partial charge in [-0.2, -0.15) is 0 Å². The standard InChI is InChI=1S/C2H7BrSi/c1-2-4-3/h2,4H2,1H3. The van der Waals surface area contributed by atoms with Gasteiger partial charge in [0.15, 0.2) is 0 Å². The Balaban J connectivity index is 1.97. The lowest BCUT2D eigenvalue weighted by Gasteiger charge is -1.63. The highest BCUT2D eigenvalue weighted by Crippen LogP contribution is 1.77. The average Bonchev–Trinajstić information content (AvgIpc) is 1.37. The van der Waals surface area contributed by atoms with E-state index in [4.69, 9.17) is 0 Å². The van der Waals surface area contributed by atoms with Crippen molar-refractivity contribution >= 4 is 23.4 Å². The van der Waals surface area contributed by atoms with Crippen LogP contribution in [-0.4, -0.2) is 8.14 Å². The molecule has 0 aliphatic rings. The van der Waals surface area contributed by atoms with Crippen LogP contribution in [0, 0.1) is 0 Å². The number of rotatable bonds is 1. The predicted octanol–water partition coefficient (Wildman–Crippen LogP) is 0.903. The lowest BCUT2D eigenvalue weighted by molar-refractivity contribution is 1.48. The van der Waals surface area contributed by atoms with E-state index in [2.05, 4.69) is 22.2 Å². The highest BCUT2D eigenvalue weighted by Gasteiger charge is 1.61. The van der Waals surface area contributed by atoms with Gasteiger partial charge in [0.05, 0.1) is 8.14 Å². The third-order valence-electron chi connectivity index (χ3n) is 0.189. The Morgan fingerprint density at radius 2 is 2.25 bits per heavy atom. The molecule has 4 heavy (non-hydrogen) atoms. The normalized spacial score (nSPS) is 10.5. The maximum absolute atomic E-state index is 3.39. The second kappa shape index (κ2) is 3.70. The second-order valence-corrected chi connectivity index (χ2v) is 4.45. The quantitative estimate of drug-likeness (QED) is 0.374. The number of halogens is 1. The SMILES string of the molecule is CC[SiH2]Br. The zero-order valence-corrected chi connectivity index (χ0v) is 5.79. The molecule has 0 unspecified atom stereocenters. The molecule has 0 aromatic rings. The summed E-state index contributed by atoms with van der Waals surface area (Å²) in [7, 11) is 0.237. The van der Waals surface area contributed by atoms with Crippen molar-refractivity contribution in [3.8, 4) is 0 Å². The summed E-state index contributed by atoms with van der Waals surface area (Å²) in [5.74, 6) is 0. The zero-order chi connectivity index (χ0) is 3.41. The van der Waals surface area contributed by atoms with Crippen LogP contribution in [0.15, 0.2) is 0 Å². The van der Waals surface area contributed by atoms with Gasteiger partial charge in [-0.25, -0.2) is 0 Å². The molecule has 0 saturated heterocycles. The third kappa shape index (κ3) is 2.70. The van der Waals surface area contributed by atoms with Crippen LogP contribution in [0.1, 0.15) is 6.92 Å². The molecule has 0 radical (unpaired) electrons. The average molecular weight is 139 g/mol. The first-order chi connectivity index (χ1) is 1.91. The largest absolute Gasteiger partial charge is 0.135 e. The summed E-state index contributed by atoms with van der Waals surface area (Å²) in [6, 6.07) is 1.38. The van der Waals surface area contributed by atoms with Crippen molar-refractivity contribution in [2.75, 3.05) is 0 Å². The van der Waals surface area contributed by atoms with Gasteiger partial charge < -0.3 is 0 Å². The maximum Gasteiger partial charge on any atom is 0.0982 e. The van der Waals surface area contributed by atoms with Gasteiger partial charge in [0.25, 0.3) is 0 Å². The van der Waals surface area contributed by atoms with Crippen molar-refractivity contribution < 1.29 is 0 Å². The lowest BCUT2D eigenvalue weighted by atomic mass is 11.0. The van der Waals surface area contributed by atoms with E-state index in [1.807, 2.05) is 0 Å². The summed E-state index contributed by atoms with van der Waals surface area (Å²) in [4.78, 5) is 0. The molecule has 26 valence electrons. The minimum Gasteiger partial charge on any atom is -0.135 e. The Kier molecular flexibility index (Phi) is 4.34. The predicted molar refractivity (Wildman–Crippen MR) is 28.0 cm³/mol. The van der Waals surface area contributed by atoms with Crippen LogP contribution in [0.4, 0.5) is 0 Å². The van der Waals surface area contributed by atoms with E-state index in [9.17, 15) is 0 Å². The van der Waals surface area contributed by atoms with Crippen LogP contribution < -0.4 is 0 Å². The highest BCUT2D eigenvalue weighted by molar-refractivity contribution is 9.23. The smallest absolute Gasteiger partial charge is 0.0982 e. The monoisotopic (exact) mass is 138 g/mol. The fraction of sp³-hybridized carbons (Fsp3) is 1.00. The van der Waals surface area contributed by atoms with Crippen LogP contribution in [0.5, 0.6) is 0 Å². The van der Waals surface area contributed by atoms with Crippen LogP contribution in [0.25, 0.3) is 0 Å². The fourth-order valence-electron chi connectivity index (χ4n) is 0. The Hall–Kier alpha value is 0.697. The molecular weight excluding hydrogens is 132 g/mol. The molecular formula is C2H7BrSi. The van der Waals surface area contributed by atoms with Gasteiger partial charge in [-0.3, -0.25) is 0 Å². The molecule has 0 heterocycles. The van der Waals surface area contributed by atoms with E-state index < -0.39 is 0 Å². The van der Waals surface area contributed by atoms with Crippen molar-refractivity contribution in [2.45, 2.75) is 13.0 Å². The molecule has 0 atom stereocenters. The van der Waals surface area contributed by atoms with Crippen molar-refractivity contribution in [3.63, 3.8) is 0 Å². The van der Waals surface area contributed by atoms with Crippen LogP contribution in [0.2, 0.25) is 6.04 Å². The van der Waals surface area contributed by atoms with E-state index in [1.54, 1.807) is 0 Å². The molecule has 0 aromatic heterocycles. The van der Waals surface area contributed by atoms with Gasteiger partial charge in [0.2, 0.25) is 0 Å². The minimum absolute atomic E-state index is 0.237. The molecule has 0 aliphatic carbocycles. The molecule has 0 bridgehead atoms. The van der Waals surface area contributed by atoms with Crippen molar-refractivity contribution in [3.05, 3.63) is 0 Å². The summed E-state index contributed by atoms with van der Waals surface area (Å²) < 4.78 is 0. The molecule has 0 rings (SSSR count). The molecule has 0 N–H and O–H groups in total. The summed E-state index contributed by atoms with van der Waals surface area (Å²) >= 11 is 3.39. The van der Waals surface area contributed by atoms with Crippen molar-refractivity contribution in [1.29, 1.82) is 0 Å². The third-order valence-corrected chi connectivity index (χ3v) is 2.95. The van der Waals surface area contributed by atoms with Gasteiger partial charge in [0, 0.05) is 0 Å². The molecule has 2 heteroatoms. The molecule has 0 aromatic carbocycles. The molecule has 0 aliphatic heterocycles. The van der Waals surface area contributed by atoms with E-state index in [1.165, 1.54) is 6.04 Å². The van der Waals surface area contributed by atoms with Crippen LogP contribution >= 0.6 is 15.3 Å². The summed E-state index contributed by atoms with van der Waals surface area (Å²) in [5, 5.41) is 0. The first-order valence-corrected chi connectivity index (χ1v) is 6.37. The number of hydrogen-bond acceptors (Lipinski definition) is 0. The van der Waals surface area contributed by atoms with Crippen molar-refractivity contribution in [1.82, 2.24) is 0 Å². The van der Waals surface area contributed by atoms with Gasteiger partial charge in [-0.15, -0.1) is 15.3 Å². The van der Waals surface area contributed by atoms with Crippen LogP contribution in [0.3, 0.4) is 0 Å². The Bertz CT molecular complexity index is 8.00. The van der Waals surface area contributed by atoms with E-state index >= 15 is 0 Å². The molecule has 0 saturated carbocycles.